The first-order valence-electron chi connectivity index (χ1n) is 9.29. The maximum absolute atomic E-state index is 12.7. The number of pyridine rings is 1. The minimum atomic E-state index is -0.190. The van der Waals surface area contributed by atoms with E-state index >= 15 is 0 Å². The van der Waals surface area contributed by atoms with Crippen LogP contribution in [0.15, 0.2) is 54.3 Å². The van der Waals surface area contributed by atoms with Crippen molar-refractivity contribution in [2.24, 2.45) is 0 Å². The van der Waals surface area contributed by atoms with E-state index in [-0.39, 0.29) is 11.9 Å². The highest BCUT2D eigenvalue weighted by Gasteiger charge is 2.33. The lowest BCUT2D eigenvalue weighted by Gasteiger charge is -2.22. The minimum Gasteiger partial charge on any atom is -0.501 e. The lowest BCUT2D eigenvalue weighted by atomic mass is 10.0. The second-order valence-corrected chi connectivity index (χ2v) is 6.45. The van der Waals surface area contributed by atoms with Crippen molar-refractivity contribution >= 4 is 23.1 Å². The number of ether oxygens (including phenoxy) is 1. The average Bonchev–Trinajstić information content (AvgIpc) is 3.04. The maximum atomic E-state index is 12.7. The van der Waals surface area contributed by atoms with Gasteiger partial charge in [-0.05, 0) is 43.0 Å². The molecule has 2 heterocycles. The number of nitrogens with zero attached hydrogens (tertiary/aromatic N) is 2. The van der Waals surface area contributed by atoms with Crippen LogP contribution in [0.4, 0.5) is 0 Å². The number of carbonyl (C=O) groups is 2. The zero-order valence-corrected chi connectivity index (χ0v) is 15.7. The van der Waals surface area contributed by atoms with Gasteiger partial charge in [-0.2, -0.15) is 0 Å². The zero-order valence-electron chi connectivity index (χ0n) is 15.7. The quantitative estimate of drug-likeness (QED) is 0.422. The molecule has 0 saturated heterocycles. The van der Waals surface area contributed by atoms with E-state index < -0.39 is 0 Å². The van der Waals surface area contributed by atoms with Crippen LogP contribution >= 0.6 is 0 Å². The minimum absolute atomic E-state index is 0.118. The van der Waals surface area contributed by atoms with Gasteiger partial charge < -0.3 is 9.64 Å². The third kappa shape index (κ3) is 4.08. The molecule has 1 aliphatic rings. The van der Waals surface area contributed by atoms with Gasteiger partial charge in [0.25, 0.3) is 5.91 Å². The number of allylic oxidation sites excluding steroid dienone is 1. The molecule has 27 heavy (non-hydrogen) atoms. The van der Waals surface area contributed by atoms with Crippen LogP contribution in [0.3, 0.4) is 0 Å². The van der Waals surface area contributed by atoms with Crippen LogP contribution in [0.1, 0.15) is 44.0 Å². The van der Waals surface area contributed by atoms with Crippen LogP contribution in [0.25, 0.3) is 10.9 Å². The number of fused-ring (bicyclic) bond motifs is 2. The van der Waals surface area contributed by atoms with E-state index in [1.165, 1.54) is 12.3 Å². The Kier molecular flexibility index (Phi) is 6.01. The monoisotopic (exact) mass is 364 g/mol. The predicted octanol–water partition coefficient (Wildman–Crippen LogP) is 4.09. The molecule has 1 aromatic heterocycles. The lowest BCUT2D eigenvalue weighted by Crippen LogP contribution is -2.28. The maximum Gasteiger partial charge on any atom is 0.250 e. The predicted molar refractivity (Wildman–Crippen MR) is 105 cm³/mol. The number of rotatable bonds is 7. The summed E-state index contributed by atoms with van der Waals surface area (Å²) in [6.07, 6.45) is 6.92. The molecule has 5 heteroatoms. The van der Waals surface area contributed by atoms with Crippen molar-refractivity contribution in [2.75, 3.05) is 6.61 Å². The summed E-state index contributed by atoms with van der Waals surface area (Å²) in [7, 11) is 0. The number of amides is 1. The smallest absolute Gasteiger partial charge is 0.250 e. The number of aldehydes is 1. The highest BCUT2D eigenvalue weighted by Crippen LogP contribution is 2.37. The summed E-state index contributed by atoms with van der Waals surface area (Å²) < 4.78 is 5.17. The van der Waals surface area contributed by atoms with E-state index in [0.717, 1.165) is 34.0 Å². The average molecular weight is 364 g/mol. The molecule has 0 aliphatic carbocycles. The third-order valence-electron chi connectivity index (χ3n) is 4.79. The van der Waals surface area contributed by atoms with Gasteiger partial charge in [-0.15, -0.1) is 0 Å². The second-order valence-electron chi connectivity index (χ2n) is 6.45. The first kappa shape index (κ1) is 18.8. The highest BCUT2D eigenvalue weighted by atomic mass is 16.5. The zero-order chi connectivity index (χ0) is 19.2. The van der Waals surface area contributed by atoms with Gasteiger partial charge in [0.05, 0.1) is 30.1 Å². The third-order valence-corrected chi connectivity index (χ3v) is 4.79. The molecular weight excluding hydrogens is 340 g/mol. The number of aromatic nitrogens is 1. The molecule has 2 aromatic rings. The Morgan fingerprint density at radius 3 is 2.89 bits per heavy atom. The molecule has 0 radical (unpaired) electrons. The summed E-state index contributed by atoms with van der Waals surface area (Å²) in [4.78, 5) is 30.5. The molecule has 1 unspecified atom stereocenters. The van der Waals surface area contributed by atoms with E-state index in [0.29, 0.717) is 26.0 Å². The SMILES string of the molecule is CCO/C=C/C(=O)N1Cc2cc3ccccc3nc2C1C/C=C(\C=O)CC. The van der Waals surface area contributed by atoms with Crippen molar-refractivity contribution in [3.05, 3.63) is 65.6 Å². The summed E-state index contributed by atoms with van der Waals surface area (Å²) in [6, 6.07) is 9.86. The Morgan fingerprint density at radius 1 is 1.33 bits per heavy atom. The first-order valence-corrected chi connectivity index (χ1v) is 9.29. The molecular formula is C22H24N2O3. The van der Waals surface area contributed by atoms with Gasteiger partial charge >= 0.3 is 0 Å². The lowest BCUT2D eigenvalue weighted by molar-refractivity contribution is -0.128. The van der Waals surface area contributed by atoms with E-state index in [9.17, 15) is 9.59 Å². The fraction of sp³-hybridized carbons (Fsp3) is 0.318. The summed E-state index contributed by atoms with van der Waals surface area (Å²) in [5.41, 5.74) is 3.61. The molecule has 1 atom stereocenters. The molecule has 3 rings (SSSR count). The van der Waals surface area contributed by atoms with E-state index in [1.807, 2.05) is 44.2 Å². The van der Waals surface area contributed by atoms with Gasteiger partial charge in [0, 0.05) is 18.0 Å². The van der Waals surface area contributed by atoms with Gasteiger partial charge in [-0.1, -0.05) is 31.2 Å². The second kappa shape index (κ2) is 8.62. The molecule has 5 nitrogen and oxygen atoms in total. The van der Waals surface area contributed by atoms with Crippen LogP contribution in [0.5, 0.6) is 0 Å². The molecule has 0 bridgehead atoms. The molecule has 0 saturated carbocycles. The number of hydrogen-bond acceptors (Lipinski definition) is 4. The summed E-state index contributed by atoms with van der Waals surface area (Å²) in [6.45, 7) is 4.84. The molecule has 0 fully saturated rings. The van der Waals surface area contributed by atoms with Crippen molar-refractivity contribution in [1.82, 2.24) is 9.88 Å². The number of benzene rings is 1. The summed E-state index contributed by atoms with van der Waals surface area (Å²) in [5, 5.41) is 1.06. The molecule has 0 spiro atoms. The van der Waals surface area contributed by atoms with Gasteiger partial charge in [-0.3, -0.25) is 14.6 Å². The van der Waals surface area contributed by atoms with Crippen molar-refractivity contribution < 1.29 is 14.3 Å². The topological polar surface area (TPSA) is 59.5 Å². The number of para-hydroxylation sites is 1. The Hall–Kier alpha value is -2.95. The van der Waals surface area contributed by atoms with Crippen LogP contribution < -0.4 is 0 Å². The fourth-order valence-corrected chi connectivity index (χ4v) is 3.34. The van der Waals surface area contributed by atoms with E-state index in [1.54, 1.807) is 4.90 Å². The fourth-order valence-electron chi connectivity index (χ4n) is 3.34. The molecule has 1 aliphatic heterocycles. The Balaban J connectivity index is 1.97. The van der Waals surface area contributed by atoms with E-state index in [2.05, 4.69) is 6.07 Å². The molecule has 140 valence electrons. The molecule has 1 amide bonds. The van der Waals surface area contributed by atoms with Gasteiger partial charge in [-0.25, -0.2) is 0 Å². The van der Waals surface area contributed by atoms with Crippen molar-refractivity contribution in [1.29, 1.82) is 0 Å². The highest BCUT2D eigenvalue weighted by molar-refractivity contribution is 5.89. The molecule has 1 aromatic carbocycles. The van der Waals surface area contributed by atoms with E-state index in [4.69, 9.17) is 9.72 Å². The van der Waals surface area contributed by atoms with Crippen LogP contribution in [0.2, 0.25) is 0 Å². The number of hydrogen-bond donors (Lipinski definition) is 0. The normalized spacial score (nSPS) is 16.7. The Bertz CT molecular complexity index is 902. The van der Waals surface area contributed by atoms with Crippen LogP contribution in [0, 0.1) is 0 Å². The van der Waals surface area contributed by atoms with Crippen molar-refractivity contribution in [3.8, 4) is 0 Å². The summed E-state index contributed by atoms with van der Waals surface area (Å²) in [5.74, 6) is -0.118. The van der Waals surface area contributed by atoms with Crippen LogP contribution in [-0.2, 0) is 20.9 Å². The van der Waals surface area contributed by atoms with Crippen LogP contribution in [-0.4, -0.2) is 28.7 Å². The van der Waals surface area contributed by atoms with Gasteiger partial charge in [0.1, 0.15) is 6.29 Å². The van der Waals surface area contributed by atoms with Crippen molar-refractivity contribution in [2.45, 2.75) is 39.3 Å². The Morgan fingerprint density at radius 2 is 2.15 bits per heavy atom. The largest absolute Gasteiger partial charge is 0.501 e. The standard InChI is InChI=1S/C22H24N2O3/c1-3-16(15-25)9-10-20-22-18(13-17-7-5-6-8-19(17)23-22)14-24(20)21(26)11-12-27-4-2/h5-9,11-13,15,20H,3-4,10,14H2,1-2H3/b12-11+,16-9-. The van der Waals surface area contributed by atoms with Crippen molar-refractivity contribution in [3.63, 3.8) is 0 Å². The van der Waals surface area contributed by atoms with Gasteiger partial charge in [0.2, 0.25) is 0 Å². The van der Waals surface area contributed by atoms with Gasteiger partial charge in [0.15, 0.2) is 0 Å². The Labute approximate surface area is 159 Å². The first-order chi connectivity index (χ1) is 13.2. The summed E-state index contributed by atoms with van der Waals surface area (Å²) >= 11 is 0. The molecule has 0 N–H and O–H groups in total. The number of carbonyl (C=O) groups excluding carboxylic acids is 2.